The van der Waals surface area contributed by atoms with Crippen molar-refractivity contribution in [2.24, 2.45) is 5.92 Å². The van der Waals surface area contributed by atoms with Crippen LogP contribution in [0.3, 0.4) is 0 Å². The van der Waals surface area contributed by atoms with E-state index in [1.807, 2.05) is 32.0 Å². The highest BCUT2D eigenvalue weighted by atomic mass is 16.5. The topological polar surface area (TPSA) is 92.1 Å². The molecule has 0 radical (unpaired) electrons. The summed E-state index contributed by atoms with van der Waals surface area (Å²) in [5.41, 5.74) is 1.29. The van der Waals surface area contributed by atoms with Gasteiger partial charge in [0.15, 0.2) is 0 Å². The number of fused-ring (bicyclic) bond motifs is 1. The van der Waals surface area contributed by atoms with Crippen molar-refractivity contribution in [2.45, 2.75) is 57.7 Å². The molecular weight excluding hydrogens is 434 g/mol. The van der Waals surface area contributed by atoms with Crippen LogP contribution in [0.25, 0.3) is 0 Å². The third-order valence-electron chi connectivity index (χ3n) is 7.11. The van der Waals surface area contributed by atoms with E-state index in [-0.39, 0.29) is 35.3 Å². The first-order valence-corrected chi connectivity index (χ1v) is 12.0. The number of carbonyl (C=O) groups is 3. The minimum Gasteiger partial charge on any atom is -0.467 e. The maximum absolute atomic E-state index is 13.6. The van der Waals surface area contributed by atoms with Crippen LogP contribution in [-0.4, -0.2) is 54.0 Å². The molecule has 0 spiro atoms. The number of piperidine rings is 1. The van der Waals surface area contributed by atoms with Crippen LogP contribution in [0.1, 0.15) is 66.0 Å². The van der Waals surface area contributed by atoms with Gasteiger partial charge in [-0.05, 0) is 63.8 Å². The number of anilines is 1. The molecule has 4 heterocycles. The molecule has 1 N–H and O–H groups in total. The van der Waals surface area contributed by atoms with Crippen molar-refractivity contribution in [1.29, 1.82) is 0 Å². The molecule has 0 aliphatic carbocycles. The summed E-state index contributed by atoms with van der Waals surface area (Å²) in [5.74, 6) is 0.0284. The van der Waals surface area contributed by atoms with Crippen LogP contribution in [0, 0.1) is 5.92 Å². The molecule has 2 saturated heterocycles. The van der Waals surface area contributed by atoms with Gasteiger partial charge in [0.25, 0.3) is 11.8 Å². The summed E-state index contributed by atoms with van der Waals surface area (Å²) in [6, 6.07) is 8.91. The molecule has 8 nitrogen and oxygen atoms in total. The number of imide groups is 1. The SMILES string of the molecule is CC1(C)CC(N2C(=O)c3cccc(N4CCCC(C(=O)NCc5ccco5)C4)c3C2=O)CCO1. The zero-order chi connectivity index (χ0) is 23.9. The fraction of sp³-hybridized carbons (Fsp3) is 0.500. The lowest BCUT2D eigenvalue weighted by molar-refractivity contribution is -0.125. The van der Waals surface area contributed by atoms with Gasteiger partial charge < -0.3 is 19.4 Å². The van der Waals surface area contributed by atoms with Gasteiger partial charge in [-0.2, -0.15) is 0 Å². The minimum atomic E-state index is -0.371. The van der Waals surface area contributed by atoms with E-state index in [4.69, 9.17) is 9.15 Å². The van der Waals surface area contributed by atoms with Crippen LogP contribution >= 0.6 is 0 Å². The van der Waals surface area contributed by atoms with Gasteiger partial charge in [0.1, 0.15) is 5.76 Å². The Balaban J connectivity index is 1.34. The first-order chi connectivity index (χ1) is 16.3. The molecule has 3 amide bonds. The van der Waals surface area contributed by atoms with Crippen LogP contribution in [0.15, 0.2) is 41.0 Å². The number of rotatable bonds is 5. The Morgan fingerprint density at radius 1 is 1.15 bits per heavy atom. The second-order valence-corrected chi connectivity index (χ2v) is 10.0. The average Bonchev–Trinajstić information content (AvgIpc) is 3.43. The van der Waals surface area contributed by atoms with E-state index in [9.17, 15) is 14.4 Å². The number of benzene rings is 1. The number of amides is 3. The molecule has 8 heteroatoms. The normalized spacial score (nSPS) is 24.3. The van der Waals surface area contributed by atoms with Crippen molar-refractivity contribution in [1.82, 2.24) is 10.2 Å². The maximum atomic E-state index is 13.6. The predicted molar refractivity (Wildman–Crippen MR) is 125 cm³/mol. The van der Waals surface area contributed by atoms with E-state index in [0.717, 1.165) is 25.1 Å². The smallest absolute Gasteiger partial charge is 0.263 e. The van der Waals surface area contributed by atoms with Gasteiger partial charge in [0.05, 0.1) is 41.1 Å². The Morgan fingerprint density at radius 2 is 2.00 bits per heavy atom. The van der Waals surface area contributed by atoms with Gasteiger partial charge >= 0.3 is 0 Å². The van der Waals surface area contributed by atoms with Crippen LogP contribution in [0.5, 0.6) is 0 Å². The van der Waals surface area contributed by atoms with E-state index in [1.165, 1.54) is 4.90 Å². The highest BCUT2D eigenvalue weighted by Gasteiger charge is 2.45. The Hall–Kier alpha value is -3.13. The number of nitrogens with one attached hydrogen (secondary N) is 1. The fourth-order valence-corrected chi connectivity index (χ4v) is 5.44. The summed E-state index contributed by atoms with van der Waals surface area (Å²) in [7, 11) is 0. The van der Waals surface area contributed by atoms with Crippen LogP contribution in [-0.2, 0) is 16.1 Å². The average molecular weight is 466 g/mol. The van der Waals surface area contributed by atoms with Crippen molar-refractivity contribution in [3.8, 4) is 0 Å². The molecule has 3 aliphatic rings. The number of ether oxygens (including phenoxy) is 1. The molecule has 1 aromatic heterocycles. The molecule has 1 aromatic carbocycles. The second kappa shape index (κ2) is 8.91. The summed E-state index contributed by atoms with van der Waals surface area (Å²) in [6.45, 7) is 6.11. The third-order valence-corrected chi connectivity index (χ3v) is 7.11. The van der Waals surface area contributed by atoms with Gasteiger partial charge in [-0.3, -0.25) is 19.3 Å². The highest BCUT2D eigenvalue weighted by molar-refractivity contribution is 6.24. The lowest BCUT2D eigenvalue weighted by atomic mass is 9.93. The van der Waals surface area contributed by atoms with Crippen LogP contribution in [0.2, 0.25) is 0 Å². The molecule has 2 aromatic rings. The van der Waals surface area contributed by atoms with Crippen molar-refractivity contribution < 1.29 is 23.5 Å². The molecule has 0 saturated carbocycles. The fourth-order valence-electron chi connectivity index (χ4n) is 5.44. The minimum absolute atomic E-state index is 0.0258. The first-order valence-electron chi connectivity index (χ1n) is 12.0. The van der Waals surface area contributed by atoms with E-state index < -0.39 is 0 Å². The summed E-state index contributed by atoms with van der Waals surface area (Å²) in [6.07, 6.45) is 4.47. The zero-order valence-corrected chi connectivity index (χ0v) is 19.7. The Morgan fingerprint density at radius 3 is 2.76 bits per heavy atom. The molecule has 180 valence electrons. The first kappa shape index (κ1) is 22.7. The largest absolute Gasteiger partial charge is 0.467 e. The van der Waals surface area contributed by atoms with E-state index >= 15 is 0 Å². The van der Waals surface area contributed by atoms with Gasteiger partial charge in [-0.15, -0.1) is 0 Å². The quantitative estimate of drug-likeness (QED) is 0.681. The van der Waals surface area contributed by atoms with Gasteiger partial charge in [0.2, 0.25) is 5.91 Å². The molecule has 3 aliphatic heterocycles. The van der Waals surface area contributed by atoms with Crippen molar-refractivity contribution in [3.05, 3.63) is 53.5 Å². The van der Waals surface area contributed by atoms with E-state index in [1.54, 1.807) is 18.4 Å². The molecule has 2 fully saturated rings. The number of furan rings is 1. The van der Waals surface area contributed by atoms with Crippen LogP contribution < -0.4 is 10.2 Å². The molecule has 0 bridgehead atoms. The molecule has 5 rings (SSSR count). The summed E-state index contributed by atoms with van der Waals surface area (Å²) < 4.78 is 11.1. The van der Waals surface area contributed by atoms with Gasteiger partial charge in [-0.25, -0.2) is 0 Å². The second-order valence-electron chi connectivity index (χ2n) is 10.0. The summed E-state index contributed by atoms with van der Waals surface area (Å²) in [4.78, 5) is 43.2. The Bertz CT molecular complexity index is 1090. The standard InChI is InChI=1S/C26H31N3O5/c1-26(2)14-18(10-13-34-26)29-24(31)20-8-3-9-21(22(20)25(29)32)28-11-4-6-17(16-28)23(30)27-15-19-7-5-12-33-19/h3,5,7-9,12,17-18H,4,6,10-11,13-16H2,1-2H3,(H,27,30). The van der Waals surface area contributed by atoms with Crippen molar-refractivity contribution in [3.63, 3.8) is 0 Å². The van der Waals surface area contributed by atoms with E-state index in [2.05, 4.69) is 10.2 Å². The maximum Gasteiger partial charge on any atom is 0.263 e. The zero-order valence-electron chi connectivity index (χ0n) is 19.7. The number of nitrogens with zero attached hydrogens (tertiary/aromatic N) is 2. The highest BCUT2D eigenvalue weighted by Crippen LogP contribution is 2.38. The molecule has 2 unspecified atom stereocenters. The lowest BCUT2D eigenvalue weighted by Gasteiger charge is -2.39. The summed E-state index contributed by atoms with van der Waals surface area (Å²) >= 11 is 0. The van der Waals surface area contributed by atoms with Gasteiger partial charge in [-0.1, -0.05) is 6.07 Å². The Kier molecular flexibility index (Phi) is 5.93. The van der Waals surface area contributed by atoms with Crippen LogP contribution in [0.4, 0.5) is 5.69 Å². The Labute approximate surface area is 199 Å². The lowest BCUT2D eigenvalue weighted by Crippen LogP contribution is -2.48. The molecule has 2 atom stereocenters. The van der Waals surface area contributed by atoms with Crippen molar-refractivity contribution >= 4 is 23.4 Å². The van der Waals surface area contributed by atoms with Crippen molar-refractivity contribution in [2.75, 3.05) is 24.6 Å². The molecule has 34 heavy (non-hydrogen) atoms. The predicted octanol–water partition coefficient (Wildman–Crippen LogP) is 3.37. The van der Waals surface area contributed by atoms with Gasteiger partial charge in [0, 0.05) is 25.7 Å². The number of hydrogen-bond donors (Lipinski definition) is 1. The van der Waals surface area contributed by atoms with E-state index in [0.29, 0.717) is 49.4 Å². The number of hydrogen-bond acceptors (Lipinski definition) is 6. The molecular formula is C26H31N3O5. The monoisotopic (exact) mass is 465 g/mol. The summed E-state index contributed by atoms with van der Waals surface area (Å²) in [5, 5.41) is 2.95. The number of carbonyl (C=O) groups excluding carboxylic acids is 3. The third kappa shape index (κ3) is 4.22.